The summed E-state index contributed by atoms with van der Waals surface area (Å²) in [5.41, 5.74) is 3.75. The smallest absolute Gasteiger partial charge is 0.256 e. The van der Waals surface area contributed by atoms with Crippen molar-refractivity contribution < 1.29 is 13.2 Å². The van der Waals surface area contributed by atoms with Gasteiger partial charge in [0.15, 0.2) is 15.5 Å². The van der Waals surface area contributed by atoms with Crippen LogP contribution in [0.1, 0.15) is 34.1 Å². The lowest BCUT2D eigenvalue weighted by Crippen LogP contribution is -2.15. The summed E-state index contributed by atoms with van der Waals surface area (Å²) in [5.74, 6) is -0.145. The van der Waals surface area contributed by atoms with Gasteiger partial charge in [-0.2, -0.15) is 5.10 Å². The van der Waals surface area contributed by atoms with Gasteiger partial charge in [-0.3, -0.25) is 4.79 Å². The second-order valence-electron chi connectivity index (χ2n) is 8.23. The molecule has 1 amide bonds. The summed E-state index contributed by atoms with van der Waals surface area (Å²) in [6.45, 7) is 3.71. The Morgan fingerprint density at radius 2 is 2.06 bits per heavy atom. The highest BCUT2D eigenvalue weighted by molar-refractivity contribution is 7.91. The number of amides is 1. The third-order valence-corrected chi connectivity index (χ3v) is 8.74. The number of nitrogens with one attached hydrogen (secondary N) is 1. The molecule has 33 heavy (non-hydrogen) atoms. The van der Waals surface area contributed by atoms with E-state index in [9.17, 15) is 13.2 Å². The Morgan fingerprint density at radius 1 is 1.24 bits per heavy atom. The Bertz CT molecular complexity index is 1490. The first kappa shape index (κ1) is 22.1. The molecular weight excluding hydrogens is 480 g/mol. The number of thiophene rings is 1. The van der Waals surface area contributed by atoms with Gasteiger partial charge >= 0.3 is 0 Å². The average molecular weight is 501 g/mol. The molecule has 0 radical (unpaired) electrons. The van der Waals surface area contributed by atoms with Gasteiger partial charge in [0.05, 0.1) is 44.8 Å². The maximum atomic E-state index is 13.5. The Morgan fingerprint density at radius 3 is 2.76 bits per heavy atom. The number of halogens is 1. The predicted molar refractivity (Wildman–Crippen MR) is 132 cm³/mol. The van der Waals surface area contributed by atoms with Gasteiger partial charge in [-0.05, 0) is 55.5 Å². The first-order valence-electron chi connectivity index (χ1n) is 10.4. The van der Waals surface area contributed by atoms with Crippen molar-refractivity contribution in [1.29, 1.82) is 0 Å². The molecule has 0 aliphatic carbocycles. The van der Waals surface area contributed by atoms with Gasteiger partial charge in [0.25, 0.3) is 5.91 Å². The summed E-state index contributed by atoms with van der Waals surface area (Å²) < 4.78 is 25.9. The second-order valence-corrected chi connectivity index (χ2v) is 11.8. The monoisotopic (exact) mass is 500 g/mol. The highest BCUT2D eigenvalue weighted by Crippen LogP contribution is 2.33. The van der Waals surface area contributed by atoms with Crippen molar-refractivity contribution in [3.05, 3.63) is 63.6 Å². The number of carbonyl (C=O) groups is 1. The lowest BCUT2D eigenvalue weighted by molar-refractivity contribution is 0.102. The fourth-order valence-corrected chi connectivity index (χ4v) is 6.73. The lowest BCUT2D eigenvalue weighted by Gasteiger charge is -2.13. The minimum atomic E-state index is -3.11. The van der Waals surface area contributed by atoms with E-state index in [1.54, 1.807) is 22.9 Å². The van der Waals surface area contributed by atoms with Crippen molar-refractivity contribution >= 4 is 55.4 Å². The number of hydrogen-bond donors (Lipinski definition) is 1. The maximum Gasteiger partial charge on any atom is 0.256 e. The zero-order chi connectivity index (χ0) is 23.3. The number of fused-ring (bicyclic) bond motifs is 1. The van der Waals surface area contributed by atoms with Crippen LogP contribution in [0.3, 0.4) is 0 Å². The normalized spacial score (nSPS) is 17.5. The van der Waals surface area contributed by atoms with Gasteiger partial charge < -0.3 is 5.32 Å². The molecule has 4 aromatic rings. The topological polar surface area (TPSA) is 93.9 Å². The zero-order valence-corrected chi connectivity index (χ0v) is 20.4. The summed E-state index contributed by atoms with van der Waals surface area (Å²) >= 11 is 7.66. The number of pyridine rings is 1. The Kier molecular flexibility index (Phi) is 5.50. The lowest BCUT2D eigenvalue weighted by atomic mass is 10.1. The fourth-order valence-electron chi connectivity index (χ4n) is 4.18. The van der Waals surface area contributed by atoms with Gasteiger partial charge in [0.2, 0.25) is 0 Å². The summed E-state index contributed by atoms with van der Waals surface area (Å²) in [7, 11) is -3.11. The summed E-state index contributed by atoms with van der Waals surface area (Å²) in [5, 5.41) is 10.7. The highest BCUT2D eigenvalue weighted by Gasteiger charge is 2.32. The molecule has 1 atom stereocenters. The van der Waals surface area contributed by atoms with E-state index in [0.717, 1.165) is 10.4 Å². The van der Waals surface area contributed by atoms with E-state index in [-0.39, 0.29) is 23.5 Å². The van der Waals surface area contributed by atoms with E-state index < -0.39 is 9.84 Å². The average Bonchev–Trinajstić information content (AvgIpc) is 3.49. The van der Waals surface area contributed by atoms with E-state index in [4.69, 9.17) is 16.6 Å². The van der Waals surface area contributed by atoms with E-state index in [2.05, 4.69) is 10.4 Å². The Hall–Kier alpha value is -2.75. The van der Waals surface area contributed by atoms with Crippen LogP contribution in [0, 0.1) is 13.8 Å². The molecule has 3 aromatic heterocycles. The Balaban J connectivity index is 1.67. The molecule has 1 N–H and O–H groups in total. The molecule has 0 bridgehead atoms. The van der Waals surface area contributed by atoms with Gasteiger partial charge in [0, 0.05) is 10.7 Å². The SMILES string of the molecule is Cc1ccc(Cl)cc1NC(=O)c1cc(-c2cccs2)nc2c1c(C)nn2C1CCS(=O)(=O)C1. The molecule has 1 saturated heterocycles. The number of aromatic nitrogens is 3. The standard InChI is InChI=1S/C23H21ClN4O3S2/c1-13-5-6-15(24)10-18(13)26-23(29)17-11-19(20-4-3-8-32-20)25-22-21(17)14(2)27-28(22)16-7-9-33(30,31)12-16/h3-6,8,10-11,16H,7,9,12H2,1-2H3,(H,26,29). The highest BCUT2D eigenvalue weighted by atomic mass is 35.5. The van der Waals surface area contributed by atoms with E-state index >= 15 is 0 Å². The molecule has 10 heteroatoms. The molecule has 1 aliphatic heterocycles. The van der Waals surface area contributed by atoms with Gasteiger partial charge in [-0.25, -0.2) is 18.1 Å². The minimum Gasteiger partial charge on any atom is -0.322 e. The molecule has 170 valence electrons. The molecule has 0 saturated carbocycles. The van der Waals surface area contributed by atoms with Crippen LogP contribution >= 0.6 is 22.9 Å². The molecular formula is C23H21ClN4O3S2. The number of carbonyl (C=O) groups excluding carboxylic acids is 1. The van der Waals surface area contributed by atoms with Crippen molar-refractivity contribution in [1.82, 2.24) is 14.8 Å². The first-order chi connectivity index (χ1) is 15.7. The van der Waals surface area contributed by atoms with Crippen LogP contribution in [0.15, 0.2) is 41.8 Å². The molecule has 1 fully saturated rings. The Labute approximate surface area is 200 Å². The number of hydrogen-bond acceptors (Lipinski definition) is 6. The number of benzene rings is 1. The van der Waals surface area contributed by atoms with Crippen molar-refractivity contribution in [2.75, 3.05) is 16.8 Å². The van der Waals surface area contributed by atoms with E-state index in [1.807, 2.05) is 37.4 Å². The third kappa shape index (κ3) is 4.16. The largest absolute Gasteiger partial charge is 0.322 e. The van der Waals surface area contributed by atoms with E-state index in [0.29, 0.717) is 45.1 Å². The van der Waals surface area contributed by atoms with Gasteiger partial charge in [-0.15, -0.1) is 11.3 Å². The van der Waals surface area contributed by atoms with Crippen molar-refractivity contribution in [3.8, 4) is 10.6 Å². The van der Waals surface area contributed by atoms with Crippen LogP contribution in [0.25, 0.3) is 21.6 Å². The molecule has 1 aromatic carbocycles. The van der Waals surface area contributed by atoms with Crippen molar-refractivity contribution in [2.24, 2.45) is 0 Å². The maximum absolute atomic E-state index is 13.5. The summed E-state index contributed by atoms with van der Waals surface area (Å²) in [6.07, 6.45) is 0.479. The van der Waals surface area contributed by atoms with Gasteiger partial charge in [-0.1, -0.05) is 23.7 Å². The van der Waals surface area contributed by atoms with Crippen LogP contribution in [0.5, 0.6) is 0 Å². The van der Waals surface area contributed by atoms with Crippen LogP contribution in [0.2, 0.25) is 5.02 Å². The number of nitrogens with zero attached hydrogens (tertiary/aromatic N) is 3. The van der Waals surface area contributed by atoms with Crippen molar-refractivity contribution in [3.63, 3.8) is 0 Å². The number of aryl methyl sites for hydroxylation is 2. The molecule has 4 heterocycles. The van der Waals surface area contributed by atoms with Gasteiger partial charge in [0.1, 0.15) is 0 Å². The number of sulfone groups is 1. The van der Waals surface area contributed by atoms with Crippen LogP contribution in [-0.4, -0.2) is 40.6 Å². The van der Waals surface area contributed by atoms with Crippen LogP contribution < -0.4 is 5.32 Å². The molecule has 5 rings (SSSR count). The fraction of sp³-hybridized carbons (Fsp3) is 0.261. The third-order valence-electron chi connectivity index (χ3n) is 5.86. The molecule has 1 aliphatic rings. The predicted octanol–water partition coefficient (Wildman–Crippen LogP) is 5.04. The molecule has 7 nitrogen and oxygen atoms in total. The van der Waals surface area contributed by atoms with Crippen molar-refractivity contribution in [2.45, 2.75) is 26.3 Å². The van der Waals surface area contributed by atoms with Crippen LogP contribution in [-0.2, 0) is 9.84 Å². The summed E-state index contributed by atoms with van der Waals surface area (Å²) in [4.78, 5) is 19.2. The van der Waals surface area contributed by atoms with Crippen LogP contribution in [0.4, 0.5) is 5.69 Å². The quantitative estimate of drug-likeness (QED) is 0.423. The second kappa shape index (κ2) is 8.23. The molecule has 0 spiro atoms. The zero-order valence-electron chi connectivity index (χ0n) is 18.0. The summed E-state index contributed by atoms with van der Waals surface area (Å²) in [6, 6.07) is 10.7. The minimum absolute atomic E-state index is 0.0252. The van der Waals surface area contributed by atoms with E-state index in [1.165, 1.54) is 11.3 Å². The number of rotatable bonds is 4. The number of anilines is 1. The first-order valence-corrected chi connectivity index (χ1v) is 13.5. The molecule has 1 unspecified atom stereocenters.